The number of carbonyl (C=O) groups is 3. The average Bonchev–Trinajstić information content (AvgIpc) is 3.58. The van der Waals surface area contributed by atoms with Crippen LogP contribution in [0.15, 0.2) is 52.9 Å². The lowest BCUT2D eigenvalue weighted by molar-refractivity contribution is -0.143. The highest BCUT2D eigenvalue weighted by atomic mass is 16.5. The monoisotopic (exact) mass is 487 g/mol. The van der Waals surface area contributed by atoms with Crippen LogP contribution in [0.1, 0.15) is 55.9 Å². The van der Waals surface area contributed by atoms with Gasteiger partial charge in [0, 0.05) is 37.9 Å². The first-order valence-corrected chi connectivity index (χ1v) is 12.6. The molecule has 0 unspecified atom stereocenters. The van der Waals surface area contributed by atoms with Crippen LogP contribution in [0.25, 0.3) is 11.1 Å². The summed E-state index contributed by atoms with van der Waals surface area (Å²) < 4.78 is 11.2. The lowest BCUT2D eigenvalue weighted by Gasteiger charge is -2.34. The van der Waals surface area contributed by atoms with E-state index in [1.807, 2.05) is 41.3 Å². The minimum Gasteiger partial charge on any atom is -0.497 e. The zero-order valence-corrected chi connectivity index (χ0v) is 20.3. The largest absolute Gasteiger partial charge is 0.497 e. The molecule has 0 bridgehead atoms. The predicted octanol–water partition coefficient (Wildman–Crippen LogP) is 3.79. The highest BCUT2D eigenvalue weighted by molar-refractivity contribution is 6.11. The van der Waals surface area contributed by atoms with E-state index >= 15 is 0 Å². The van der Waals surface area contributed by atoms with Gasteiger partial charge in [0.25, 0.3) is 0 Å². The minimum atomic E-state index is -1.17. The maximum absolute atomic E-state index is 13.7. The van der Waals surface area contributed by atoms with Crippen LogP contribution in [0.5, 0.6) is 5.75 Å². The third-order valence-electron chi connectivity index (χ3n) is 7.86. The van der Waals surface area contributed by atoms with Gasteiger partial charge in [0.1, 0.15) is 11.3 Å². The van der Waals surface area contributed by atoms with Crippen LogP contribution in [0.3, 0.4) is 0 Å². The molecule has 0 N–H and O–H groups in total. The molecule has 0 radical (unpaired) electrons. The van der Waals surface area contributed by atoms with E-state index in [2.05, 4.69) is 4.98 Å². The molecule has 1 atom stereocenters. The topological polar surface area (TPSA) is 92.9 Å². The smallest absolute Gasteiger partial charge is 0.241 e. The zero-order chi connectivity index (χ0) is 24.9. The van der Waals surface area contributed by atoms with Gasteiger partial charge in [0.05, 0.1) is 12.5 Å². The van der Waals surface area contributed by atoms with E-state index < -0.39 is 5.41 Å². The van der Waals surface area contributed by atoms with Crippen molar-refractivity contribution in [3.05, 3.63) is 60.0 Å². The van der Waals surface area contributed by atoms with Crippen LogP contribution < -0.4 is 4.74 Å². The van der Waals surface area contributed by atoms with Crippen molar-refractivity contribution in [3.63, 3.8) is 0 Å². The predicted molar refractivity (Wildman–Crippen MR) is 131 cm³/mol. The number of hydrogen-bond acceptors (Lipinski definition) is 6. The van der Waals surface area contributed by atoms with Crippen molar-refractivity contribution in [3.8, 4) is 5.75 Å². The van der Waals surface area contributed by atoms with Gasteiger partial charge in [-0.15, -0.1) is 0 Å². The standard InChI is InChI=1S/C28H29N3O5/c1-35-21-10-6-19(7-11-21)28(17-25(33)31(27(28)34)20-8-9-20)16-24(32)30-14-12-18(13-15-30)26-29-22-4-2-3-5-23(22)36-26/h2-7,10-11,18,20H,8-9,12-17H2,1H3/t28-/m0/s1. The number of benzene rings is 2. The number of amides is 3. The van der Waals surface area contributed by atoms with Crippen molar-refractivity contribution < 1.29 is 23.5 Å². The molecule has 1 aromatic heterocycles. The molecule has 3 heterocycles. The number of imide groups is 1. The summed E-state index contributed by atoms with van der Waals surface area (Å²) in [7, 11) is 1.58. The van der Waals surface area contributed by atoms with Crippen LogP contribution in [-0.4, -0.2) is 58.7 Å². The van der Waals surface area contributed by atoms with Gasteiger partial charge >= 0.3 is 0 Å². The van der Waals surface area contributed by atoms with Crippen LogP contribution >= 0.6 is 0 Å². The number of para-hydroxylation sites is 2. The Morgan fingerprint density at radius 3 is 2.44 bits per heavy atom. The van der Waals surface area contributed by atoms with Crippen molar-refractivity contribution >= 4 is 28.8 Å². The molecule has 2 aliphatic heterocycles. The van der Waals surface area contributed by atoms with E-state index in [9.17, 15) is 14.4 Å². The molecule has 6 rings (SSSR count). The SMILES string of the molecule is COc1ccc([C@]2(CC(=O)N3CCC(c4nc5ccccc5o4)CC3)CC(=O)N(C3CC3)C2=O)cc1. The Labute approximate surface area is 209 Å². The van der Waals surface area contributed by atoms with Gasteiger partial charge < -0.3 is 14.1 Å². The lowest BCUT2D eigenvalue weighted by Crippen LogP contribution is -2.45. The first-order valence-electron chi connectivity index (χ1n) is 12.6. The van der Waals surface area contributed by atoms with Crippen molar-refractivity contribution in [1.29, 1.82) is 0 Å². The fourth-order valence-corrected chi connectivity index (χ4v) is 5.65. The second-order valence-corrected chi connectivity index (χ2v) is 10.1. The van der Waals surface area contributed by atoms with Gasteiger partial charge in [-0.2, -0.15) is 0 Å². The fraction of sp³-hybridized carbons (Fsp3) is 0.429. The number of nitrogens with zero attached hydrogens (tertiary/aromatic N) is 3. The van der Waals surface area contributed by atoms with Crippen molar-refractivity contribution in [1.82, 2.24) is 14.8 Å². The second-order valence-electron chi connectivity index (χ2n) is 10.1. The number of aromatic nitrogens is 1. The highest BCUT2D eigenvalue weighted by Gasteiger charge is 2.57. The van der Waals surface area contributed by atoms with Crippen molar-refractivity contribution in [2.45, 2.75) is 55.9 Å². The Hall–Kier alpha value is -3.68. The van der Waals surface area contributed by atoms with E-state index in [1.165, 1.54) is 4.90 Å². The van der Waals surface area contributed by atoms with Crippen LogP contribution in [0.4, 0.5) is 0 Å². The van der Waals surface area contributed by atoms with E-state index in [0.717, 1.165) is 42.7 Å². The number of carbonyl (C=O) groups excluding carboxylic acids is 3. The van der Waals surface area contributed by atoms with Gasteiger partial charge in [0.15, 0.2) is 11.5 Å². The molecule has 8 nitrogen and oxygen atoms in total. The third-order valence-corrected chi connectivity index (χ3v) is 7.86. The Morgan fingerprint density at radius 2 is 1.78 bits per heavy atom. The van der Waals surface area contributed by atoms with Crippen LogP contribution in [-0.2, 0) is 19.8 Å². The normalized spacial score (nSPS) is 23.0. The summed E-state index contributed by atoms with van der Waals surface area (Å²) in [5.41, 5.74) is 1.15. The summed E-state index contributed by atoms with van der Waals surface area (Å²) in [6, 6.07) is 14.9. The summed E-state index contributed by atoms with van der Waals surface area (Å²) in [6.07, 6.45) is 3.19. The highest BCUT2D eigenvalue weighted by Crippen LogP contribution is 2.45. The summed E-state index contributed by atoms with van der Waals surface area (Å²) >= 11 is 0. The molecule has 1 saturated carbocycles. The average molecular weight is 488 g/mol. The molecule has 8 heteroatoms. The number of likely N-dealkylation sites (tertiary alicyclic amines) is 2. The zero-order valence-electron chi connectivity index (χ0n) is 20.3. The van der Waals surface area contributed by atoms with Gasteiger partial charge in [-0.3, -0.25) is 19.3 Å². The van der Waals surface area contributed by atoms with E-state index in [1.54, 1.807) is 19.2 Å². The molecule has 3 aromatic rings. The molecule has 3 amide bonds. The maximum atomic E-state index is 13.7. The molecule has 2 aromatic carbocycles. The van der Waals surface area contributed by atoms with E-state index in [-0.39, 0.29) is 42.5 Å². The Kier molecular flexibility index (Phi) is 5.54. The molecule has 0 spiro atoms. The molecular weight excluding hydrogens is 458 g/mol. The van der Waals surface area contributed by atoms with Crippen LogP contribution in [0, 0.1) is 0 Å². The first kappa shape index (κ1) is 22.8. The Bertz CT molecular complexity index is 1290. The number of hydrogen-bond donors (Lipinski definition) is 0. The Morgan fingerprint density at radius 1 is 1.06 bits per heavy atom. The summed E-state index contributed by atoms with van der Waals surface area (Å²) in [5.74, 6) is 1.01. The Balaban J connectivity index is 1.20. The van der Waals surface area contributed by atoms with Gasteiger partial charge in [-0.25, -0.2) is 4.98 Å². The molecular formula is C28H29N3O5. The number of oxazole rings is 1. The van der Waals surface area contributed by atoms with E-state index in [4.69, 9.17) is 9.15 Å². The fourth-order valence-electron chi connectivity index (χ4n) is 5.65. The van der Waals surface area contributed by atoms with Crippen LogP contribution in [0.2, 0.25) is 0 Å². The number of piperidine rings is 1. The number of ether oxygens (including phenoxy) is 1. The molecule has 3 aliphatic rings. The van der Waals surface area contributed by atoms with E-state index in [0.29, 0.717) is 24.4 Å². The molecule has 186 valence electrons. The van der Waals surface area contributed by atoms with Gasteiger partial charge in [-0.1, -0.05) is 24.3 Å². The van der Waals surface area contributed by atoms with Gasteiger partial charge in [0.2, 0.25) is 17.7 Å². The quantitative estimate of drug-likeness (QED) is 0.491. The minimum absolute atomic E-state index is 0.0132. The first-order chi connectivity index (χ1) is 17.5. The lowest BCUT2D eigenvalue weighted by atomic mass is 9.75. The van der Waals surface area contributed by atoms with Crippen molar-refractivity contribution in [2.75, 3.05) is 20.2 Å². The maximum Gasteiger partial charge on any atom is 0.241 e. The van der Waals surface area contributed by atoms with Crippen molar-refractivity contribution in [2.24, 2.45) is 0 Å². The second kappa shape index (κ2) is 8.76. The molecule has 1 aliphatic carbocycles. The molecule has 36 heavy (non-hydrogen) atoms. The summed E-state index contributed by atoms with van der Waals surface area (Å²) in [4.78, 5) is 48.1. The third kappa shape index (κ3) is 3.85. The molecule has 2 saturated heterocycles. The number of fused-ring (bicyclic) bond motifs is 1. The summed E-state index contributed by atoms with van der Waals surface area (Å²) in [5, 5.41) is 0. The summed E-state index contributed by atoms with van der Waals surface area (Å²) in [6.45, 7) is 1.13. The molecule has 3 fully saturated rings. The number of methoxy groups -OCH3 is 1. The van der Waals surface area contributed by atoms with Gasteiger partial charge in [-0.05, 0) is 55.5 Å². The number of rotatable bonds is 6.